The van der Waals surface area contributed by atoms with Crippen molar-refractivity contribution in [1.82, 2.24) is 19.8 Å². The highest BCUT2D eigenvalue weighted by molar-refractivity contribution is 6.30. The van der Waals surface area contributed by atoms with Crippen LogP contribution in [0.3, 0.4) is 0 Å². The Balaban J connectivity index is 1.43. The maximum absolute atomic E-state index is 12.6. The van der Waals surface area contributed by atoms with Gasteiger partial charge in [-0.2, -0.15) is 0 Å². The molecule has 0 N–H and O–H groups in total. The number of rotatable bonds is 4. The number of likely N-dealkylation sites (tertiary alicyclic amines) is 2. The zero-order valence-electron chi connectivity index (χ0n) is 16.2. The Morgan fingerprint density at radius 1 is 1.11 bits per heavy atom. The van der Waals surface area contributed by atoms with Crippen LogP contribution >= 0.6 is 11.6 Å². The van der Waals surface area contributed by atoms with E-state index in [0.29, 0.717) is 17.5 Å². The van der Waals surface area contributed by atoms with Gasteiger partial charge in [0.15, 0.2) is 0 Å². The zero-order valence-corrected chi connectivity index (χ0v) is 16.9. The molecular weight excluding hydrogens is 372 g/mol. The van der Waals surface area contributed by atoms with Gasteiger partial charge in [0.2, 0.25) is 5.91 Å². The molecule has 148 valence electrons. The summed E-state index contributed by atoms with van der Waals surface area (Å²) in [6, 6.07) is 7.71. The molecule has 1 atom stereocenters. The van der Waals surface area contributed by atoms with Gasteiger partial charge in [-0.25, -0.2) is 4.98 Å². The second-order valence-corrected chi connectivity index (χ2v) is 8.29. The lowest BCUT2D eigenvalue weighted by molar-refractivity contribution is -0.133. The average Bonchev–Trinajstić information content (AvgIpc) is 2.75. The van der Waals surface area contributed by atoms with Crippen molar-refractivity contribution in [2.45, 2.75) is 38.0 Å². The fraction of sp³-hybridized carbons (Fsp3) is 0.500. The third-order valence-corrected chi connectivity index (χ3v) is 6.00. The van der Waals surface area contributed by atoms with Gasteiger partial charge < -0.3 is 4.90 Å². The van der Waals surface area contributed by atoms with Crippen LogP contribution in [0.25, 0.3) is 11.3 Å². The fourth-order valence-corrected chi connectivity index (χ4v) is 4.43. The summed E-state index contributed by atoms with van der Waals surface area (Å²) in [5, 5.41) is 0.699. The first-order valence-electron chi connectivity index (χ1n) is 10.3. The van der Waals surface area contributed by atoms with Gasteiger partial charge in [0, 0.05) is 42.3 Å². The Hall–Kier alpha value is -1.98. The summed E-state index contributed by atoms with van der Waals surface area (Å²) in [6.07, 6.45) is 9.35. The molecule has 0 aliphatic carbocycles. The Bertz CT molecular complexity index is 822. The van der Waals surface area contributed by atoms with E-state index in [0.717, 1.165) is 68.8 Å². The van der Waals surface area contributed by atoms with Crippen LogP contribution < -0.4 is 0 Å². The van der Waals surface area contributed by atoms with Crippen LogP contribution in [0.2, 0.25) is 5.02 Å². The van der Waals surface area contributed by atoms with Crippen LogP contribution in [0.15, 0.2) is 36.7 Å². The Kier molecular flexibility index (Phi) is 6.23. The molecule has 2 saturated heterocycles. The molecule has 28 heavy (non-hydrogen) atoms. The summed E-state index contributed by atoms with van der Waals surface area (Å²) in [6.45, 7) is 4.22. The summed E-state index contributed by atoms with van der Waals surface area (Å²) < 4.78 is 0. The lowest BCUT2D eigenvalue weighted by Gasteiger charge is -2.34. The maximum Gasteiger partial charge on any atom is 0.236 e. The van der Waals surface area contributed by atoms with Crippen molar-refractivity contribution in [2.24, 2.45) is 0 Å². The van der Waals surface area contributed by atoms with Crippen LogP contribution in [0.5, 0.6) is 0 Å². The molecule has 2 aromatic rings. The minimum atomic E-state index is 0.277. The van der Waals surface area contributed by atoms with E-state index < -0.39 is 0 Å². The first kappa shape index (κ1) is 19.3. The van der Waals surface area contributed by atoms with E-state index in [1.54, 1.807) is 6.20 Å². The van der Waals surface area contributed by atoms with E-state index in [1.165, 1.54) is 6.42 Å². The van der Waals surface area contributed by atoms with Crippen LogP contribution in [-0.2, 0) is 4.79 Å². The van der Waals surface area contributed by atoms with Gasteiger partial charge in [-0.15, -0.1) is 0 Å². The molecule has 1 aromatic heterocycles. The van der Waals surface area contributed by atoms with Crippen molar-refractivity contribution in [1.29, 1.82) is 0 Å². The van der Waals surface area contributed by atoms with E-state index >= 15 is 0 Å². The molecule has 0 unspecified atom stereocenters. The zero-order chi connectivity index (χ0) is 19.3. The summed E-state index contributed by atoms with van der Waals surface area (Å²) in [5.74, 6) is 0.591. The molecule has 3 heterocycles. The number of benzene rings is 1. The van der Waals surface area contributed by atoms with Crippen molar-refractivity contribution >= 4 is 17.5 Å². The number of nitrogens with zero attached hydrogens (tertiary/aromatic N) is 4. The van der Waals surface area contributed by atoms with Gasteiger partial charge in [0.25, 0.3) is 0 Å². The van der Waals surface area contributed by atoms with Crippen molar-refractivity contribution in [2.75, 3.05) is 32.7 Å². The van der Waals surface area contributed by atoms with Gasteiger partial charge in [-0.3, -0.25) is 14.7 Å². The number of carbonyl (C=O) groups is 1. The molecule has 2 aliphatic rings. The maximum atomic E-state index is 12.6. The van der Waals surface area contributed by atoms with Crippen molar-refractivity contribution < 1.29 is 4.79 Å². The molecule has 2 aliphatic heterocycles. The highest BCUT2D eigenvalue weighted by atomic mass is 35.5. The first-order valence-corrected chi connectivity index (χ1v) is 10.6. The van der Waals surface area contributed by atoms with Crippen molar-refractivity contribution in [3.63, 3.8) is 0 Å². The van der Waals surface area contributed by atoms with Crippen LogP contribution in [-0.4, -0.2) is 58.4 Å². The van der Waals surface area contributed by atoms with Crippen molar-refractivity contribution in [3.05, 3.63) is 47.4 Å². The normalized spacial score (nSPS) is 20.9. The average molecular weight is 399 g/mol. The van der Waals surface area contributed by atoms with E-state index in [1.807, 2.05) is 35.4 Å². The lowest BCUT2D eigenvalue weighted by Crippen LogP contribution is -2.45. The Morgan fingerprint density at radius 3 is 2.79 bits per heavy atom. The van der Waals surface area contributed by atoms with E-state index in [4.69, 9.17) is 16.6 Å². The van der Waals surface area contributed by atoms with E-state index in [-0.39, 0.29) is 5.91 Å². The second-order valence-electron chi connectivity index (χ2n) is 7.86. The standard InChI is InChI=1S/C22H27ClN4O/c23-19-8-4-6-17(12-19)20-13-24-14-21(25-20)18-7-5-9-26(15-18)16-22(28)27-10-2-1-3-11-27/h4,6,8,12-14,18H,1-3,5,7,9-11,15-16H2/t18-/m1/s1. The highest BCUT2D eigenvalue weighted by Gasteiger charge is 2.26. The van der Waals surface area contributed by atoms with Crippen LogP contribution in [0, 0.1) is 0 Å². The van der Waals surface area contributed by atoms with Gasteiger partial charge in [0.05, 0.1) is 24.1 Å². The number of amides is 1. The van der Waals surface area contributed by atoms with Crippen molar-refractivity contribution in [3.8, 4) is 11.3 Å². The summed E-state index contributed by atoms with van der Waals surface area (Å²) in [7, 11) is 0. The minimum absolute atomic E-state index is 0.277. The molecule has 6 heteroatoms. The molecular formula is C22H27ClN4O. The molecule has 1 amide bonds. The smallest absolute Gasteiger partial charge is 0.236 e. The number of hydrogen-bond donors (Lipinski definition) is 0. The quantitative estimate of drug-likeness (QED) is 0.781. The molecule has 1 aromatic carbocycles. The number of hydrogen-bond acceptors (Lipinski definition) is 4. The monoisotopic (exact) mass is 398 g/mol. The van der Waals surface area contributed by atoms with Gasteiger partial charge in [-0.05, 0) is 50.8 Å². The number of carbonyl (C=O) groups excluding carboxylic acids is 1. The molecule has 0 spiro atoms. The van der Waals surface area contributed by atoms with Crippen LogP contribution in [0.1, 0.15) is 43.7 Å². The fourth-order valence-electron chi connectivity index (χ4n) is 4.24. The van der Waals surface area contributed by atoms with Gasteiger partial charge >= 0.3 is 0 Å². The summed E-state index contributed by atoms with van der Waals surface area (Å²) in [5.41, 5.74) is 2.84. The Labute approximate surface area is 171 Å². The summed E-state index contributed by atoms with van der Waals surface area (Å²) >= 11 is 6.12. The highest BCUT2D eigenvalue weighted by Crippen LogP contribution is 2.27. The number of halogens is 1. The topological polar surface area (TPSA) is 49.3 Å². The van der Waals surface area contributed by atoms with E-state index in [9.17, 15) is 4.79 Å². The van der Waals surface area contributed by atoms with Crippen LogP contribution in [0.4, 0.5) is 0 Å². The molecule has 0 radical (unpaired) electrons. The SMILES string of the molecule is O=C(CN1CCC[C@@H](c2cncc(-c3cccc(Cl)c3)n2)C1)N1CCCCC1. The minimum Gasteiger partial charge on any atom is -0.342 e. The number of aromatic nitrogens is 2. The largest absolute Gasteiger partial charge is 0.342 e. The molecule has 4 rings (SSSR count). The molecule has 5 nitrogen and oxygen atoms in total. The first-order chi connectivity index (χ1) is 13.7. The number of piperidine rings is 2. The molecule has 0 saturated carbocycles. The second kappa shape index (κ2) is 9.01. The molecule has 0 bridgehead atoms. The predicted molar refractivity (Wildman–Crippen MR) is 111 cm³/mol. The predicted octanol–water partition coefficient (Wildman–Crippen LogP) is 3.99. The van der Waals surface area contributed by atoms with Gasteiger partial charge in [-0.1, -0.05) is 23.7 Å². The van der Waals surface area contributed by atoms with E-state index in [2.05, 4.69) is 9.88 Å². The van der Waals surface area contributed by atoms with Gasteiger partial charge in [0.1, 0.15) is 0 Å². The lowest BCUT2D eigenvalue weighted by atomic mass is 9.94. The third kappa shape index (κ3) is 4.70. The Morgan fingerprint density at radius 2 is 1.96 bits per heavy atom. The summed E-state index contributed by atoms with van der Waals surface area (Å²) in [4.78, 5) is 26.2. The molecule has 2 fully saturated rings. The third-order valence-electron chi connectivity index (χ3n) is 5.76.